The van der Waals surface area contributed by atoms with Gasteiger partial charge in [0.2, 0.25) is 10.0 Å². The van der Waals surface area contributed by atoms with E-state index in [1.54, 1.807) is 13.1 Å². The number of hydrogen-bond donors (Lipinski definition) is 0. The summed E-state index contributed by atoms with van der Waals surface area (Å²) in [5, 5.41) is 0. The van der Waals surface area contributed by atoms with Crippen LogP contribution in [-0.4, -0.2) is 20.1 Å². The molecular formula is C9H12BrNO2S. The molecule has 0 aliphatic heterocycles. The molecule has 3 nitrogen and oxygen atoms in total. The van der Waals surface area contributed by atoms with Crippen LogP contribution in [-0.2, 0) is 10.0 Å². The molecular weight excluding hydrogens is 266 g/mol. The summed E-state index contributed by atoms with van der Waals surface area (Å²) < 4.78 is 24.2. The molecule has 0 heterocycles. The lowest BCUT2D eigenvalue weighted by Crippen LogP contribution is -2.27. The van der Waals surface area contributed by atoms with Crippen molar-refractivity contribution in [1.82, 2.24) is 0 Å². The topological polar surface area (TPSA) is 37.4 Å². The lowest BCUT2D eigenvalue weighted by atomic mass is 10.2. The Kier molecular flexibility index (Phi) is 3.55. The van der Waals surface area contributed by atoms with Crippen LogP contribution in [0.2, 0.25) is 0 Å². The SMILES string of the molecule is Cc1cccc(N(C)S(=O)(=O)CBr)c1. The van der Waals surface area contributed by atoms with Crippen LogP contribution in [0.15, 0.2) is 24.3 Å². The van der Waals surface area contributed by atoms with E-state index in [0.29, 0.717) is 5.69 Å². The van der Waals surface area contributed by atoms with Gasteiger partial charge in [-0.15, -0.1) is 0 Å². The summed E-state index contributed by atoms with van der Waals surface area (Å²) in [7, 11) is -1.67. The van der Waals surface area contributed by atoms with E-state index in [0.717, 1.165) is 5.56 Å². The molecule has 0 fully saturated rings. The Morgan fingerprint density at radius 3 is 2.57 bits per heavy atom. The van der Waals surface area contributed by atoms with Crippen LogP contribution in [0, 0.1) is 6.92 Å². The fourth-order valence-corrected chi connectivity index (χ4v) is 2.56. The van der Waals surface area contributed by atoms with Gasteiger partial charge in [0.1, 0.15) is 4.66 Å². The minimum absolute atomic E-state index is 0.0650. The molecule has 1 aromatic carbocycles. The summed E-state index contributed by atoms with van der Waals surface area (Å²) in [5.41, 5.74) is 1.73. The Labute approximate surface area is 92.9 Å². The van der Waals surface area contributed by atoms with Gasteiger partial charge < -0.3 is 0 Å². The van der Waals surface area contributed by atoms with E-state index in [1.807, 2.05) is 25.1 Å². The van der Waals surface area contributed by atoms with Gasteiger partial charge in [-0.2, -0.15) is 0 Å². The second-order valence-electron chi connectivity index (χ2n) is 3.03. The molecule has 0 aliphatic carbocycles. The summed E-state index contributed by atoms with van der Waals surface area (Å²) in [6.07, 6.45) is 0. The van der Waals surface area contributed by atoms with Crippen LogP contribution in [0.25, 0.3) is 0 Å². The van der Waals surface area contributed by atoms with Gasteiger partial charge in [0.05, 0.1) is 5.69 Å². The molecule has 0 atom stereocenters. The van der Waals surface area contributed by atoms with Crippen molar-refractivity contribution >= 4 is 31.6 Å². The van der Waals surface area contributed by atoms with Gasteiger partial charge in [-0.25, -0.2) is 8.42 Å². The Hall–Kier alpha value is -0.550. The number of halogens is 1. The summed E-state index contributed by atoms with van der Waals surface area (Å²) in [4.78, 5) is 0. The van der Waals surface area contributed by atoms with Gasteiger partial charge in [-0.05, 0) is 24.6 Å². The summed E-state index contributed by atoms with van der Waals surface area (Å²) in [6, 6.07) is 7.37. The van der Waals surface area contributed by atoms with Crippen molar-refractivity contribution < 1.29 is 8.42 Å². The maximum Gasteiger partial charge on any atom is 0.244 e. The van der Waals surface area contributed by atoms with Crippen LogP contribution in [0.5, 0.6) is 0 Å². The number of alkyl halides is 1. The van der Waals surface area contributed by atoms with Gasteiger partial charge in [0.15, 0.2) is 0 Å². The van der Waals surface area contributed by atoms with E-state index in [1.165, 1.54) is 4.31 Å². The minimum Gasteiger partial charge on any atom is -0.273 e. The fourth-order valence-electron chi connectivity index (χ4n) is 1.06. The van der Waals surface area contributed by atoms with Crippen molar-refractivity contribution in [2.24, 2.45) is 0 Å². The van der Waals surface area contributed by atoms with E-state index in [-0.39, 0.29) is 4.66 Å². The highest BCUT2D eigenvalue weighted by molar-refractivity contribution is 9.10. The third kappa shape index (κ3) is 2.48. The number of rotatable bonds is 3. The smallest absolute Gasteiger partial charge is 0.244 e. The molecule has 0 unspecified atom stereocenters. The molecule has 0 radical (unpaired) electrons. The number of benzene rings is 1. The second kappa shape index (κ2) is 4.31. The van der Waals surface area contributed by atoms with Gasteiger partial charge in [-0.1, -0.05) is 28.1 Å². The molecule has 0 bridgehead atoms. The molecule has 1 rings (SSSR count). The van der Waals surface area contributed by atoms with Crippen molar-refractivity contribution in [1.29, 1.82) is 0 Å². The molecule has 0 saturated carbocycles. The average molecular weight is 278 g/mol. The number of nitrogens with zero attached hydrogens (tertiary/aromatic N) is 1. The molecule has 14 heavy (non-hydrogen) atoms. The van der Waals surface area contributed by atoms with E-state index >= 15 is 0 Å². The van der Waals surface area contributed by atoms with Gasteiger partial charge in [0.25, 0.3) is 0 Å². The quantitative estimate of drug-likeness (QED) is 0.794. The van der Waals surface area contributed by atoms with Crippen LogP contribution in [0.3, 0.4) is 0 Å². The first-order chi connectivity index (χ1) is 6.47. The number of anilines is 1. The maximum absolute atomic E-state index is 11.5. The first kappa shape index (κ1) is 11.5. The van der Waals surface area contributed by atoms with Crippen LogP contribution >= 0.6 is 15.9 Å². The third-order valence-electron chi connectivity index (χ3n) is 1.92. The molecule has 0 aromatic heterocycles. The largest absolute Gasteiger partial charge is 0.273 e. The van der Waals surface area contributed by atoms with Crippen LogP contribution < -0.4 is 4.31 Å². The lowest BCUT2D eigenvalue weighted by Gasteiger charge is -2.18. The van der Waals surface area contributed by atoms with E-state index in [4.69, 9.17) is 0 Å². The molecule has 0 spiro atoms. The Morgan fingerprint density at radius 1 is 1.43 bits per heavy atom. The number of hydrogen-bond acceptors (Lipinski definition) is 2. The Bertz CT molecular complexity index is 417. The predicted molar refractivity (Wildman–Crippen MR) is 62.3 cm³/mol. The molecule has 0 N–H and O–H groups in total. The molecule has 1 aromatic rings. The van der Waals surface area contributed by atoms with Crippen LogP contribution in [0.4, 0.5) is 5.69 Å². The number of aryl methyl sites for hydroxylation is 1. The maximum atomic E-state index is 11.5. The lowest BCUT2D eigenvalue weighted by molar-refractivity contribution is 0.599. The summed E-state index contributed by atoms with van der Waals surface area (Å²) in [5.74, 6) is 0. The number of sulfonamides is 1. The summed E-state index contributed by atoms with van der Waals surface area (Å²) >= 11 is 2.96. The molecule has 78 valence electrons. The van der Waals surface area contributed by atoms with Gasteiger partial charge in [-0.3, -0.25) is 4.31 Å². The fraction of sp³-hybridized carbons (Fsp3) is 0.333. The highest BCUT2D eigenvalue weighted by atomic mass is 79.9. The zero-order valence-corrected chi connectivity index (χ0v) is 10.5. The van der Waals surface area contributed by atoms with Gasteiger partial charge >= 0.3 is 0 Å². The standard InChI is InChI=1S/C9H12BrNO2S/c1-8-4-3-5-9(6-8)11(2)14(12,13)7-10/h3-6H,7H2,1-2H3. The van der Waals surface area contributed by atoms with E-state index < -0.39 is 10.0 Å². The highest BCUT2D eigenvalue weighted by Crippen LogP contribution is 2.18. The first-order valence-electron chi connectivity index (χ1n) is 4.06. The molecule has 5 heteroatoms. The third-order valence-corrected chi connectivity index (χ3v) is 4.98. The van der Waals surface area contributed by atoms with Crippen molar-refractivity contribution in [3.63, 3.8) is 0 Å². The molecule has 0 amide bonds. The molecule has 0 aliphatic rings. The highest BCUT2D eigenvalue weighted by Gasteiger charge is 2.16. The van der Waals surface area contributed by atoms with E-state index in [2.05, 4.69) is 15.9 Å². The zero-order valence-electron chi connectivity index (χ0n) is 8.07. The first-order valence-corrected chi connectivity index (χ1v) is 6.79. The van der Waals surface area contributed by atoms with Crippen LogP contribution in [0.1, 0.15) is 5.56 Å². The normalized spacial score (nSPS) is 11.4. The molecule has 0 saturated heterocycles. The zero-order chi connectivity index (χ0) is 10.8. The predicted octanol–water partition coefficient (Wildman–Crippen LogP) is 2.11. The minimum atomic E-state index is -3.22. The van der Waals surface area contributed by atoms with Gasteiger partial charge in [0, 0.05) is 7.05 Å². The Morgan fingerprint density at radius 2 is 2.07 bits per heavy atom. The average Bonchev–Trinajstić information content (AvgIpc) is 2.16. The van der Waals surface area contributed by atoms with Crippen molar-refractivity contribution in [3.8, 4) is 0 Å². The van der Waals surface area contributed by atoms with Crippen molar-refractivity contribution in [3.05, 3.63) is 29.8 Å². The van der Waals surface area contributed by atoms with Crippen molar-refractivity contribution in [2.45, 2.75) is 6.92 Å². The summed E-state index contributed by atoms with van der Waals surface area (Å²) in [6.45, 7) is 1.93. The Balaban J connectivity index is 3.07. The van der Waals surface area contributed by atoms with E-state index in [9.17, 15) is 8.42 Å². The second-order valence-corrected chi connectivity index (χ2v) is 6.33. The van der Waals surface area contributed by atoms with Crippen molar-refractivity contribution in [2.75, 3.05) is 16.0 Å². The monoisotopic (exact) mass is 277 g/mol.